The van der Waals surface area contributed by atoms with Crippen LogP contribution in [-0.2, 0) is 4.79 Å². The molecular weight excluding hydrogens is 370 g/mol. The number of nitro benzene ring substituents is 1. The van der Waals surface area contributed by atoms with E-state index in [2.05, 4.69) is 5.32 Å². The normalized spacial score (nSPS) is 16.9. The van der Waals surface area contributed by atoms with Crippen LogP contribution in [0.2, 0.25) is 0 Å². The molecule has 1 heterocycles. The topological polar surface area (TPSA) is 93.9 Å². The second-order valence-electron chi connectivity index (χ2n) is 5.98. The van der Waals surface area contributed by atoms with Gasteiger partial charge in [-0.3, -0.25) is 14.9 Å². The van der Waals surface area contributed by atoms with Gasteiger partial charge >= 0.3 is 5.69 Å². The van der Waals surface area contributed by atoms with Crippen LogP contribution < -0.4 is 14.8 Å². The van der Waals surface area contributed by atoms with Crippen molar-refractivity contribution in [3.63, 3.8) is 0 Å². The van der Waals surface area contributed by atoms with E-state index >= 15 is 0 Å². The molecular formula is C18H23N3O5S. The van der Waals surface area contributed by atoms with Gasteiger partial charge in [0, 0.05) is 36.0 Å². The van der Waals surface area contributed by atoms with Crippen molar-refractivity contribution in [2.24, 2.45) is 0 Å². The molecule has 0 bridgehead atoms. The smallest absolute Gasteiger partial charge is 0.311 e. The van der Waals surface area contributed by atoms with Crippen molar-refractivity contribution in [3.8, 4) is 11.5 Å². The number of nitrogens with one attached hydrogen (secondary N) is 1. The van der Waals surface area contributed by atoms with Crippen molar-refractivity contribution in [2.45, 2.75) is 33.7 Å². The van der Waals surface area contributed by atoms with Gasteiger partial charge in [0.25, 0.3) is 0 Å². The van der Waals surface area contributed by atoms with Gasteiger partial charge in [0.1, 0.15) is 5.75 Å². The molecule has 2 rings (SSSR count). The summed E-state index contributed by atoms with van der Waals surface area (Å²) in [6.07, 6.45) is 0. The number of nitrogens with zero attached hydrogens (tertiary/aromatic N) is 2. The molecule has 1 N–H and O–H groups in total. The average Bonchev–Trinajstić information content (AvgIpc) is 2.59. The van der Waals surface area contributed by atoms with E-state index in [9.17, 15) is 14.9 Å². The van der Waals surface area contributed by atoms with Crippen LogP contribution in [0, 0.1) is 10.1 Å². The van der Waals surface area contributed by atoms with Gasteiger partial charge in [-0.25, -0.2) is 0 Å². The van der Waals surface area contributed by atoms with E-state index in [0.717, 1.165) is 0 Å². The number of allylic oxidation sites excluding steroid dienone is 1. The van der Waals surface area contributed by atoms with E-state index in [4.69, 9.17) is 21.7 Å². The zero-order valence-corrected chi connectivity index (χ0v) is 16.8. The second-order valence-corrected chi connectivity index (χ2v) is 6.36. The van der Waals surface area contributed by atoms with E-state index in [0.29, 0.717) is 34.3 Å². The minimum Gasteiger partial charge on any atom is -0.493 e. The van der Waals surface area contributed by atoms with E-state index in [-0.39, 0.29) is 23.8 Å². The lowest BCUT2D eigenvalue weighted by molar-refractivity contribution is -0.385. The highest BCUT2D eigenvalue weighted by Crippen LogP contribution is 2.41. The SMILES string of the molecule is CCOc1cc(OCC)c([N+](=O)[O-])cc1C1NC(=S)N(C)C(C)=C1C(C)=O. The Labute approximate surface area is 163 Å². The van der Waals surface area contributed by atoms with Gasteiger partial charge in [-0.2, -0.15) is 0 Å². The van der Waals surface area contributed by atoms with Gasteiger partial charge in [-0.15, -0.1) is 0 Å². The molecule has 0 saturated carbocycles. The minimum atomic E-state index is -0.651. The van der Waals surface area contributed by atoms with Crippen molar-refractivity contribution >= 4 is 28.8 Å². The van der Waals surface area contributed by atoms with Crippen LogP contribution >= 0.6 is 12.2 Å². The summed E-state index contributed by atoms with van der Waals surface area (Å²) in [5, 5.41) is 15.1. The summed E-state index contributed by atoms with van der Waals surface area (Å²) in [5.74, 6) is 0.372. The summed E-state index contributed by atoms with van der Waals surface area (Å²) in [4.78, 5) is 25.1. The molecule has 146 valence electrons. The lowest BCUT2D eigenvalue weighted by Gasteiger charge is -2.36. The van der Waals surface area contributed by atoms with Crippen LogP contribution in [-0.4, -0.2) is 41.0 Å². The molecule has 9 heteroatoms. The number of carbonyl (C=O) groups is 1. The van der Waals surface area contributed by atoms with Gasteiger partial charge in [-0.1, -0.05) is 0 Å². The van der Waals surface area contributed by atoms with Crippen LogP contribution in [0.25, 0.3) is 0 Å². The summed E-state index contributed by atoms with van der Waals surface area (Å²) < 4.78 is 11.1. The van der Waals surface area contributed by atoms with Crippen LogP contribution in [0.15, 0.2) is 23.4 Å². The number of Topliss-reactive ketones (excluding diaryl/α,β-unsaturated/α-hetero) is 1. The Morgan fingerprint density at radius 2 is 1.89 bits per heavy atom. The Bertz CT molecular complexity index is 821. The Hall–Kier alpha value is -2.68. The number of rotatable bonds is 7. The third-order valence-electron chi connectivity index (χ3n) is 4.33. The predicted molar refractivity (Wildman–Crippen MR) is 105 cm³/mol. The molecule has 27 heavy (non-hydrogen) atoms. The largest absolute Gasteiger partial charge is 0.493 e. The van der Waals surface area contributed by atoms with Gasteiger partial charge in [0.2, 0.25) is 5.75 Å². The van der Waals surface area contributed by atoms with Gasteiger partial charge in [0.15, 0.2) is 10.9 Å². The molecule has 0 spiro atoms. The summed E-state index contributed by atoms with van der Waals surface area (Å²) in [6.45, 7) is 7.44. The molecule has 1 aliphatic heterocycles. The summed E-state index contributed by atoms with van der Waals surface area (Å²) in [6, 6.07) is 2.23. The van der Waals surface area contributed by atoms with Crippen molar-refractivity contribution in [1.82, 2.24) is 10.2 Å². The van der Waals surface area contributed by atoms with Crippen LogP contribution in [0.5, 0.6) is 11.5 Å². The molecule has 1 aromatic rings. The maximum atomic E-state index is 12.3. The number of hydrogen-bond acceptors (Lipinski definition) is 6. The van der Waals surface area contributed by atoms with E-state index in [1.54, 1.807) is 25.8 Å². The average molecular weight is 393 g/mol. The molecule has 0 fully saturated rings. The lowest BCUT2D eigenvalue weighted by atomic mass is 9.91. The first-order valence-corrected chi connectivity index (χ1v) is 8.97. The van der Waals surface area contributed by atoms with Gasteiger partial charge in [-0.05, 0) is 39.9 Å². The molecule has 8 nitrogen and oxygen atoms in total. The first kappa shape index (κ1) is 20.6. The fourth-order valence-electron chi connectivity index (χ4n) is 3.01. The zero-order chi connectivity index (χ0) is 20.3. The standard InChI is InChI=1S/C18H23N3O5S/c1-6-25-14-9-15(26-7-2)13(21(23)24)8-12(14)17-16(11(4)22)10(3)20(5)18(27)19-17/h8-9,17H,6-7H2,1-5H3,(H,19,27). The van der Waals surface area contributed by atoms with Gasteiger partial charge < -0.3 is 19.7 Å². The van der Waals surface area contributed by atoms with Crippen molar-refractivity contribution < 1.29 is 19.2 Å². The fraction of sp³-hybridized carbons (Fsp3) is 0.444. The van der Waals surface area contributed by atoms with Gasteiger partial charge in [0.05, 0.1) is 24.2 Å². The third-order valence-corrected chi connectivity index (χ3v) is 4.72. The molecule has 1 aliphatic rings. The summed E-state index contributed by atoms with van der Waals surface area (Å²) in [7, 11) is 1.76. The summed E-state index contributed by atoms with van der Waals surface area (Å²) in [5.41, 5.74) is 1.44. The predicted octanol–water partition coefficient (Wildman–Crippen LogP) is 3.12. The van der Waals surface area contributed by atoms with Crippen molar-refractivity contribution in [2.75, 3.05) is 20.3 Å². The van der Waals surface area contributed by atoms with Crippen molar-refractivity contribution in [3.05, 3.63) is 39.1 Å². The maximum absolute atomic E-state index is 12.3. The Morgan fingerprint density at radius 1 is 1.30 bits per heavy atom. The number of nitro groups is 1. The second kappa shape index (κ2) is 8.34. The van der Waals surface area contributed by atoms with E-state index in [1.165, 1.54) is 19.1 Å². The third kappa shape index (κ3) is 4.02. The monoisotopic (exact) mass is 393 g/mol. The number of benzene rings is 1. The Morgan fingerprint density at radius 3 is 2.41 bits per heavy atom. The van der Waals surface area contributed by atoms with E-state index in [1.807, 2.05) is 6.92 Å². The molecule has 0 radical (unpaired) electrons. The minimum absolute atomic E-state index is 0.121. The first-order chi connectivity index (χ1) is 12.7. The molecule has 1 atom stereocenters. The molecule has 0 saturated heterocycles. The summed E-state index contributed by atoms with van der Waals surface area (Å²) >= 11 is 5.35. The number of ketones is 1. The number of carbonyl (C=O) groups excluding carboxylic acids is 1. The van der Waals surface area contributed by atoms with Crippen LogP contribution in [0.3, 0.4) is 0 Å². The first-order valence-electron chi connectivity index (χ1n) is 8.56. The highest BCUT2D eigenvalue weighted by Gasteiger charge is 2.34. The molecule has 0 amide bonds. The number of ether oxygens (including phenoxy) is 2. The quantitative estimate of drug-likeness (QED) is 0.429. The number of thiocarbonyl (C=S) groups is 1. The highest BCUT2D eigenvalue weighted by molar-refractivity contribution is 7.80. The van der Waals surface area contributed by atoms with E-state index < -0.39 is 11.0 Å². The Kier molecular flexibility index (Phi) is 6.37. The number of hydrogen-bond donors (Lipinski definition) is 1. The molecule has 1 unspecified atom stereocenters. The maximum Gasteiger partial charge on any atom is 0.311 e. The fourth-order valence-corrected chi connectivity index (χ4v) is 3.27. The molecule has 0 aliphatic carbocycles. The van der Waals surface area contributed by atoms with Crippen LogP contribution in [0.1, 0.15) is 39.3 Å². The molecule has 0 aromatic heterocycles. The lowest BCUT2D eigenvalue weighted by Crippen LogP contribution is -2.45. The highest BCUT2D eigenvalue weighted by atomic mass is 32.1. The van der Waals surface area contributed by atoms with Crippen molar-refractivity contribution in [1.29, 1.82) is 0 Å². The van der Waals surface area contributed by atoms with Crippen LogP contribution in [0.4, 0.5) is 5.69 Å². The Balaban J connectivity index is 2.74. The zero-order valence-electron chi connectivity index (χ0n) is 16.0. The molecule has 1 aromatic carbocycles.